The van der Waals surface area contributed by atoms with Gasteiger partial charge in [-0.15, -0.1) is 0 Å². The van der Waals surface area contributed by atoms with Gasteiger partial charge in [-0.25, -0.2) is 0 Å². The van der Waals surface area contributed by atoms with E-state index in [1.807, 2.05) is 12.1 Å². The van der Waals surface area contributed by atoms with E-state index in [9.17, 15) is 4.79 Å². The zero-order valence-electron chi connectivity index (χ0n) is 13.1. The van der Waals surface area contributed by atoms with Crippen molar-refractivity contribution in [3.05, 3.63) is 24.2 Å². The third-order valence-electron chi connectivity index (χ3n) is 5.81. The summed E-state index contributed by atoms with van der Waals surface area (Å²) >= 11 is 5.21. The number of carbonyl (C=O) groups is 1. The SMILES string of the molecule is O=C(NNC(=S)NCc1ccco1)C12CC3CC(CC(C3)C1)C2. The van der Waals surface area contributed by atoms with Crippen molar-refractivity contribution in [3.63, 3.8) is 0 Å². The maximum absolute atomic E-state index is 12.8. The second kappa shape index (κ2) is 5.82. The fourth-order valence-electron chi connectivity index (χ4n) is 5.26. The smallest absolute Gasteiger partial charge is 0.244 e. The number of hydrogen-bond acceptors (Lipinski definition) is 3. The molecule has 1 heterocycles. The molecule has 124 valence electrons. The summed E-state index contributed by atoms with van der Waals surface area (Å²) in [5, 5.41) is 3.44. The highest BCUT2D eigenvalue weighted by atomic mass is 32.1. The molecular formula is C17H23N3O2S. The molecule has 5 rings (SSSR count). The average molecular weight is 333 g/mol. The van der Waals surface area contributed by atoms with Gasteiger partial charge in [-0.05, 0) is 80.6 Å². The number of hydrazine groups is 1. The molecule has 0 radical (unpaired) electrons. The summed E-state index contributed by atoms with van der Waals surface area (Å²) in [5.74, 6) is 3.21. The standard InChI is InChI=1S/C17H23N3O2S/c21-15(19-20-16(23)18-10-14-2-1-3-22-14)17-7-11-4-12(8-17)6-13(5-11)9-17/h1-3,11-13H,4-10H2,(H,19,21)(H2,18,20,23). The molecule has 0 saturated heterocycles. The van der Waals surface area contributed by atoms with E-state index in [1.165, 1.54) is 19.3 Å². The van der Waals surface area contributed by atoms with Crippen molar-refractivity contribution in [1.29, 1.82) is 0 Å². The summed E-state index contributed by atoms with van der Waals surface area (Å²) in [4.78, 5) is 12.8. The first-order valence-corrected chi connectivity index (χ1v) is 8.90. The average Bonchev–Trinajstić information content (AvgIpc) is 3.02. The first-order valence-electron chi connectivity index (χ1n) is 8.50. The summed E-state index contributed by atoms with van der Waals surface area (Å²) in [6.45, 7) is 0.506. The zero-order chi connectivity index (χ0) is 15.9. The molecule has 4 fully saturated rings. The van der Waals surface area contributed by atoms with Crippen molar-refractivity contribution >= 4 is 23.2 Å². The molecule has 4 bridgehead atoms. The van der Waals surface area contributed by atoms with Crippen LogP contribution in [0.3, 0.4) is 0 Å². The van der Waals surface area contributed by atoms with Crippen LogP contribution in [0.15, 0.2) is 22.8 Å². The normalized spacial score (nSPS) is 34.2. The third-order valence-corrected chi connectivity index (χ3v) is 6.06. The molecule has 0 unspecified atom stereocenters. The number of rotatable bonds is 3. The molecule has 4 aliphatic rings. The van der Waals surface area contributed by atoms with E-state index in [-0.39, 0.29) is 11.3 Å². The fourth-order valence-corrected chi connectivity index (χ4v) is 5.38. The van der Waals surface area contributed by atoms with Gasteiger partial charge in [-0.1, -0.05) is 0 Å². The quantitative estimate of drug-likeness (QED) is 0.586. The van der Waals surface area contributed by atoms with Gasteiger partial charge in [-0.2, -0.15) is 0 Å². The monoisotopic (exact) mass is 333 g/mol. The summed E-state index contributed by atoms with van der Waals surface area (Å²) in [6.07, 6.45) is 8.80. The minimum atomic E-state index is -0.154. The molecule has 1 amide bonds. The van der Waals surface area contributed by atoms with Gasteiger partial charge >= 0.3 is 0 Å². The van der Waals surface area contributed by atoms with E-state index < -0.39 is 0 Å². The zero-order valence-corrected chi connectivity index (χ0v) is 14.0. The minimum absolute atomic E-state index is 0.124. The molecule has 4 aliphatic carbocycles. The van der Waals surface area contributed by atoms with Crippen LogP contribution in [-0.2, 0) is 11.3 Å². The van der Waals surface area contributed by atoms with Crippen LogP contribution in [-0.4, -0.2) is 11.0 Å². The minimum Gasteiger partial charge on any atom is -0.467 e. The predicted molar refractivity (Wildman–Crippen MR) is 90.0 cm³/mol. The van der Waals surface area contributed by atoms with E-state index >= 15 is 0 Å². The van der Waals surface area contributed by atoms with E-state index in [2.05, 4.69) is 16.2 Å². The Hall–Kier alpha value is -1.56. The third kappa shape index (κ3) is 2.96. The molecule has 4 saturated carbocycles. The number of hydrogen-bond donors (Lipinski definition) is 3. The van der Waals surface area contributed by atoms with Crippen LogP contribution in [0.1, 0.15) is 44.3 Å². The van der Waals surface area contributed by atoms with Crippen molar-refractivity contribution in [3.8, 4) is 0 Å². The number of carbonyl (C=O) groups excluding carboxylic acids is 1. The van der Waals surface area contributed by atoms with E-state index in [4.69, 9.17) is 16.6 Å². The molecule has 0 aliphatic heterocycles. The maximum Gasteiger partial charge on any atom is 0.244 e. The number of furan rings is 1. The predicted octanol–water partition coefficient (Wildman–Crippen LogP) is 2.49. The lowest BCUT2D eigenvalue weighted by atomic mass is 9.49. The molecule has 23 heavy (non-hydrogen) atoms. The lowest BCUT2D eigenvalue weighted by Gasteiger charge is -2.55. The highest BCUT2D eigenvalue weighted by molar-refractivity contribution is 7.80. The van der Waals surface area contributed by atoms with Crippen LogP contribution in [0.2, 0.25) is 0 Å². The van der Waals surface area contributed by atoms with Crippen LogP contribution in [0.5, 0.6) is 0 Å². The Bertz CT molecular complexity index is 564. The van der Waals surface area contributed by atoms with Crippen LogP contribution < -0.4 is 16.2 Å². The number of thiocarbonyl (C=S) groups is 1. The van der Waals surface area contributed by atoms with Gasteiger partial charge in [0, 0.05) is 0 Å². The van der Waals surface area contributed by atoms with Crippen LogP contribution in [0.4, 0.5) is 0 Å². The van der Waals surface area contributed by atoms with Gasteiger partial charge in [0.2, 0.25) is 5.91 Å². The van der Waals surface area contributed by atoms with Crippen molar-refractivity contribution in [2.45, 2.75) is 45.1 Å². The van der Waals surface area contributed by atoms with E-state index in [0.29, 0.717) is 11.7 Å². The topological polar surface area (TPSA) is 66.3 Å². The second-order valence-corrected chi connectivity index (χ2v) is 7.95. The molecule has 5 nitrogen and oxygen atoms in total. The summed E-state index contributed by atoms with van der Waals surface area (Å²) < 4.78 is 5.24. The Labute approximate surface area is 141 Å². The molecule has 0 atom stereocenters. The summed E-state index contributed by atoms with van der Waals surface area (Å²) in [5.41, 5.74) is 5.54. The highest BCUT2D eigenvalue weighted by Crippen LogP contribution is 2.59. The molecule has 3 N–H and O–H groups in total. The molecule has 0 spiro atoms. The van der Waals surface area contributed by atoms with E-state index in [1.54, 1.807) is 6.26 Å². The molecule has 0 aromatic carbocycles. The largest absolute Gasteiger partial charge is 0.467 e. The Morgan fingerprint density at radius 3 is 2.39 bits per heavy atom. The van der Waals surface area contributed by atoms with Crippen molar-refractivity contribution < 1.29 is 9.21 Å². The number of amides is 1. The van der Waals surface area contributed by atoms with Gasteiger partial charge in [0.25, 0.3) is 0 Å². The molecule has 1 aromatic rings. The van der Waals surface area contributed by atoms with Gasteiger partial charge in [0.15, 0.2) is 5.11 Å². The lowest BCUT2D eigenvalue weighted by molar-refractivity contribution is -0.146. The molecular weight excluding hydrogens is 310 g/mol. The van der Waals surface area contributed by atoms with Gasteiger partial charge in [0.05, 0.1) is 18.2 Å². The summed E-state index contributed by atoms with van der Waals surface area (Å²) in [6, 6.07) is 3.71. The van der Waals surface area contributed by atoms with Crippen LogP contribution in [0.25, 0.3) is 0 Å². The van der Waals surface area contributed by atoms with Crippen LogP contribution in [0, 0.1) is 23.2 Å². The number of nitrogens with one attached hydrogen (secondary N) is 3. The molecule has 1 aromatic heterocycles. The Morgan fingerprint density at radius 2 is 1.83 bits per heavy atom. The van der Waals surface area contributed by atoms with Crippen molar-refractivity contribution in [2.24, 2.45) is 23.2 Å². The molecule has 6 heteroatoms. The Kier molecular flexibility index (Phi) is 3.79. The summed E-state index contributed by atoms with van der Waals surface area (Å²) in [7, 11) is 0. The van der Waals surface area contributed by atoms with Gasteiger partial charge in [-0.3, -0.25) is 15.6 Å². The fraction of sp³-hybridized carbons (Fsp3) is 0.647. The van der Waals surface area contributed by atoms with Crippen molar-refractivity contribution in [1.82, 2.24) is 16.2 Å². The maximum atomic E-state index is 12.8. The van der Waals surface area contributed by atoms with Gasteiger partial charge in [0.1, 0.15) is 5.76 Å². The lowest BCUT2D eigenvalue weighted by Crippen LogP contribution is -2.57. The Morgan fingerprint density at radius 1 is 1.17 bits per heavy atom. The van der Waals surface area contributed by atoms with E-state index in [0.717, 1.165) is 42.8 Å². The van der Waals surface area contributed by atoms with Crippen LogP contribution >= 0.6 is 12.2 Å². The van der Waals surface area contributed by atoms with Crippen molar-refractivity contribution in [2.75, 3.05) is 0 Å². The first kappa shape index (κ1) is 15.0. The van der Waals surface area contributed by atoms with Gasteiger partial charge < -0.3 is 9.73 Å². The Balaban J connectivity index is 1.29. The first-order chi connectivity index (χ1) is 11.1. The second-order valence-electron chi connectivity index (χ2n) is 7.54. The highest BCUT2D eigenvalue weighted by Gasteiger charge is 2.54.